The van der Waals surface area contributed by atoms with Crippen LogP contribution in [0.4, 0.5) is 0 Å². The SMILES string of the molecule is Cc1ccc(-n2nnnc2SCC(=O)N[C@@H](C)C(C)C)c(C)c1. The van der Waals surface area contributed by atoms with E-state index in [1.165, 1.54) is 17.3 Å². The van der Waals surface area contributed by atoms with Crippen molar-refractivity contribution in [3.63, 3.8) is 0 Å². The first kappa shape index (κ1) is 17.5. The Bertz CT molecular complexity index is 683. The van der Waals surface area contributed by atoms with Crippen molar-refractivity contribution in [1.29, 1.82) is 0 Å². The van der Waals surface area contributed by atoms with Crippen LogP contribution in [-0.4, -0.2) is 37.9 Å². The van der Waals surface area contributed by atoms with Crippen molar-refractivity contribution in [3.8, 4) is 5.69 Å². The van der Waals surface area contributed by atoms with Crippen LogP contribution in [0.5, 0.6) is 0 Å². The maximum atomic E-state index is 12.0. The van der Waals surface area contributed by atoms with Gasteiger partial charge < -0.3 is 5.32 Å². The molecular formula is C16H23N5OS. The predicted octanol–water partition coefficient (Wildman–Crippen LogP) is 2.53. The zero-order valence-electron chi connectivity index (χ0n) is 14.2. The number of benzene rings is 1. The van der Waals surface area contributed by atoms with Crippen molar-refractivity contribution in [2.24, 2.45) is 5.92 Å². The number of carbonyl (C=O) groups excluding carboxylic acids is 1. The quantitative estimate of drug-likeness (QED) is 0.823. The molecule has 124 valence electrons. The van der Waals surface area contributed by atoms with Crippen LogP contribution in [0.25, 0.3) is 5.69 Å². The lowest BCUT2D eigenvalue weighted by Crippen LogP contribution is -2.37. The summed E-state index contributed by atoms with van der Waals surface area (Å²) >= 11 is 1.34. The van der Waals surface area contributed by atoms with E-state index in [1.54, 1.807) is 4.68 Å². The number of amides is 1. The molecule has 0 radical (unpaired) electrons. The molecule has 0 bridgehead atoms. The van der Waals surface area contributed by atoms with Gasteiger partial charge >= 0.3 is 0 Å². The average molecular weight is 333 g/mol. The lowest BCUT2D eigenvalue weighted by atomic mass is 10.1. The van der Waals surface area contributed by atoms with Crippen LogP contribution >= 0.6 is 11.8 Å². The van der Waals surface area contributed by atoms with Gasteiger partial charge in [-0.3, -0.25) is 4.79 Å². The van der Waals surface area contributed by atoms with Crippen LogP contribution in [0.1, 0.15) is 31.9 Å². The molecule has 1 atom stereocenters. The third kappa shape index (κ3) is 4.54. The van der Waals surface area contributed by atoms with E-state index in [0.29, 0.717) is 16.8 Å². The molecule has 1 aromatic carbocycles. The Hall–Kier alpha value is -1.89. The Morgan fingerprint density at radius 1 is 1.30 bits per heavy atom. The fraction of sp³-hybridized carbons (Fsp3) is 0.500. The Morgan fingerprint density at radius 2 is 2.04 bits per heavy atom. The minimum Gasteiger partial charge on any atom is -0.353 e. The maximum Gasteiger partial charge on any atom is 0.230 e. The van der Waals surface area contributed by atoms with E-state index in [0.717, 1.165) is 11.3 Å². The number of thioether (sulfide) groups is 1. The van der Waals surface area contributed by atoms with Crippen molar-refractivity contribution in [2.75, 3.05) is 5.75 Å². The smallest absolute Gasteiger partial charge is 0.230 e. The van der Waals surface area contributed by atoms with Gasteiger partial charge in [-0.05, 0) is 48.7 Å². The number of hydrogen-bond acceptors (Lipinski definition) is 5. The summed E-state index contributed by atoms with van der Waals surface area (Å²) in [5.74, 6) is 0.693. The largest absolute Gasteiger partial charge is 0.353 e. The molecule has 0 aliphatic heterocycles. The summed E-state index contributed by atoms with van der Waals surface area (Å²) < 4.78 is 1.68. The van der Waals surface area contributed by atoms with Gasteiger partial charge in [0.15, 0.2) is 0 Å². The molecule has 0 aliphatic rings. The van der Waals surface area contributed by atoms with Crippen molar-refractivity contribution in [2.45, 2.75) is 45.8 Å². The van der Waals surface area contributed by atoms with E-state index < -0.39 is 0 Å². The summed E-state index contributed by atoms with van der Waals surface area (Å²) in [6.45, 7) is 10.2. The molecule has 23 heavy (non-hydrogen) atoms. The van der Waals surface area contributed by atoms with E-state index in [4.69, 9.17) is 0 Å². The maximum absolute atomic E-state index is 12.0. The molecule has 0 unspecified atom stereocenters. The second kappa shape index (κ2) is 7.59. The standard InChI is InChI=1S/C16H23N5OS/c1-10(2)13(5)17-15(22)9-23-16-18-19-20-21(16)14-7-6-11(3)8-12(14)4/h6-8,10,13H,9H2,1-5H3,(H,17,22)/t13-/m0/s1. The summed E-state index contributed by atoms with van der Waals surface area (Å²) in [4.78, 5) is 12.0. The summed E-state index contributed by atoms with van der Waals surface area (Å²) in [5.41, 5.74) is 3.21. The highest BCUT2D eigenvalue weighted by Gasteiger charge is 2.15. The second-order valence-electron chi connectivity index (χ2n) is 6.05. The van der Waals surface area contributed by atoms with Crippen LogP contribution in [0.3, 0.4) is 0 Å². The molecule has 2 rings (SSSR count). The molecule has 0 saturated carbocycles. The minimum atomic E-state index is -0.00798. The summed E-state index contributed by atoms with van der Waals surface area (Å²) in [5, 5.41) is 15.4. The van der Waals surface area contributed by atoms with Crippen LogP contribution in [0.15, 0.2) is 23.4 Å². The summed E-state index contributed by atoms with van der Waals surface area (Å²) in [6.07, 6.45) is 0. The predicted molar refractivity (Wildman–Crippen MR) is 91.8 cm³/mol. The van der Waals surface area contributed by atoms with Gasteiger partial charge in [0.2, 0.25) is 11.1 Å². The zero-order chi connectivity index (χ0) is 17.0. The molecule has 0 spiro atoms. The molecule has 1 amide bonds. The second-order valence-corrected chi connectivity index (χ2v) is 6.99. The fourth-order valence-corrected chi connectivity index (χ4v) is 2.75. The average Bonchev–Trinajstić information content (AvgIpc) is 2.93. The highest BCUT2D eigenvalue weighted by atomic mass is 32.2. The lowest BCUT2D eigenvalue weighted by molar-refractivity contribution is -0.119. The molecule has 6 nitrogen and oxygen atoms in total. The third-order valence-corrected chi connectivity index (χ3v) is 4.66. The Labute approximate surface area is 141 Å². The number of tetrazole rings is 1. The van der Waals surface area contributed by atoms with E-state index >= 15 is 0 Å². The first-order valence-electron chi connectivity index (χ1n) is 7.66. The number of aromatic nitrogens is 4. The van der Waals surface area contributed by atoms with Gasteiger partial charge in [0.05, 0.1) is 11.4 Å². The monoisotopic (exact) mass is 333 g/mol. The molecule has 0 aliphatic carbocycles. The van der Waals surface area contributed by atoms with Crippen molar-refractivity contribution < 1.29 is 4.79 Å². The number of nitrogens with zero attached hydrogens (tertiary/aromatic N) is 4. The van der Waals surface area contributed by atoms with Gasteiger partial charge in [0.25, 0.3) is 0 Å². The van der Waals surface area contributed by atoms with Gasteiger partial charge in [-0.2, -0.15) is 4.68 Å². The molecule has 1 aromatic heterocycles. The number of hydrogen-bond donors (Lipinski definition) is 1. The third-order valence-electron chi connectivity index (χ3n) is 3.74. The number of carbonyl (C=O) groups is 1. The lowest BCUT2D eigenvalue weighted by Gasteiger charge is -2.17. The highest BCUT2D eigenvalue weighted by molar-refractivity contribution is 7.99. The van der Waals surface area contributed by atoms with Gasteiger partial charge in [-0.25, -0.2) is 0 Å². The zero-order valence-corrected chi connectivity index (χ0v) is 15.0. The Morgan fingerprint density at radius 3 is 2.70 bits per heavy atom. The number of aryl methyl sites for hydroxylation is 2. The van der Waals surface area contributed by atoms with Gasteiger partial charge in [-0.1, -0.05) is 43.3 Å². The Balaban J connectivity index is 2.06. The molecule has 0 fully saturated rings. The van der Waals surface area contributed by atoms with Crippen molar-refractivity contribution >= 4 is 17.7 Å². The van der Waals surface area contributed by atoms with Crippen molar-refractivity contribution in [3.05, 3.63) is 29.3 Å². The van der Waals surface area contributed by atoms with Gasteiger partial charge in [-0.15, -0.1) is 5.10 Å². The first-order chi connectivity index (χ1) is 10.9. The van der Waals surface area contributed by atoms with Crippen LogP contribution in [-0.2, 0) is 4.79 Å². The molecule has 2 aromatic rings. The van der Waals surface area contributed by atoms with Crippen molar-refractivity contribution in [1.82, 2.24) is 25.5 Å². The molecule has 1 heterocycles. The highest BCUT2D eigenvalue weighted by Crippen LogP contribution is 2.21. The molecular weight excluding hydrogens is 310 g/mol. The van der Waals surface area contributed by atoms with Crippen LogP contribution in [0, 0.1) is 19.8 Å². The van der Waals surface area contributed by atoms with Crippen LogP contribution in [0.2, 0.25) is 0 Å². The molecule has 7 heteroatoms. The topological polar surface area (TPSA) is 72.7 Å². The minimum absolute atomic E-state index is 0.00798. The fourth-order valence-electron chi connectivity index (χ4n) is 2.06. The summed E-state index contributed by atoms with van der Waals surface area (Å²) in [7, 11) is 0. The Kier molecular flexibility index (Phi) is 5.76. The number of nitrogens with one attached hydrogen (secondary N) is 1. The van der Waals surface area contributed by atoms with E-state index in [1.807, 2.05) is 32.9 Å². The number of rotatable bonds is 6. The van der Waals surface area contributed by atoms with Gasteiger partial charge in [0.1, 0.15) is 0 Å². The first-order valence-corrected chi connectivity index (χ1v) is 8.65. The van der Waals surface area contributed by atoms with E-state index in [9.17, 15) is 4.79 Å². The van der Waals surface area contributed by atoms with E-state index in [-0.39, 0.29) is 11.9 Å². The summed E-state index contributed by atoms with van der Waals surface area (Å²) in [6, 6.07) is 6.25. The van der Waals surface area contributed by atoms with E-state index in [2.05, 4.69) is 40.8 Å². The normalized spacial score (nSPS) is 12.4. The van der Waals surface area contributed by atoms with Crippen LogP contribution < -0.4 is 5.32 Å². The molecule has 0 saturated heterocycles. The van der Waals surface area contributed by atoms with Gasteiger partial charge in [0, 0.05) is 6.04 Å². The molecule has 1 N–H and O–H groups in total.